The topological polar surface area (TPSA) is 51.6 Å². The lowest BCUT2D eigenvalue weighted by Crippen LogP contribution is -2.47. The van der Waals surface area contributed by atoms with Gasteiger partial charge in [-0.2, -0.15) is 0 Å². The highest BCUT2D eigenvalue weighted by Crippen LogP contribution is 2.59. The first-order valence-corrected chi connectivity index (χ1v) is 16.3. The maximum atomic E-state index is 5.11. The number of aromatic nitrogens is 4. The Bertz CT molecular complexity index is 1690. The third-order valence-corrected chi connectivity index (χ3v) is 9.63. The number of fused-ring (bicyclic) bond motifs is 2. The molecular formula is C34H20Br4N4. The third-order valence-electron chi connectivity index (χ3n) is 7.87. The van der Waals surface area contributed by atoms with Crippen molar-refractivity contribution in [2.24, 2.45) is 0 Å². The van der Waals surface area contributed by atoms with E-state index in [1.807, 2.05) is 48.5 Å². The monoisotopic (exact) mass is 800 g/mol. The van der Waals surface area contributed by atoms with Crippen molar-refractivity contribution in [3.05, 3.63) is 185 Å². The van der Waals surface area contributed by atoms with E-state index in [1.54, 1.807) is 0 Å². The van der Waals surface area contributed by atoms with Gasteiger partial charge in [-0.15, -0.1) is 0 Å². The molecule has 0 amide bonds. The summed E-state index contributed by atoms with van der Waals surface area (Å²) in [6, 6.07) is 41.4. The lowest BCUT2D eigenvalue weighted by Gasteiger charge is -2.48. The van der Waals surface area contributed by atoms with E-state index < -0.39 is 10.8 Å². The molecule has 0 saturated carbocycles. The zero-order valence-corrected chi connectivity index (χ0v) is 28.2. The Balaban J connectivity index is 1.74. The molecule has 4 nitrogen and oxygen atoms in total. The Morgan fingerprint density at radius 3 is 0.762 bits per heavy atom. The van der Waals surface area contributed by atoms with E-state index in [0.29, 0.717) is 0 Å². The van der Waals surface area contributed by atoms with Crippen LogP contribution < -0.4 is 0 Å². The van der Waals surface area contributed by atoms with E-state index in [9.17, 15) is 0 Å². The summed E-state index contributed by atoms with van der Waals surface area (Å²) in [5.74, 6) is 0. The van der Waals surface area contributed by atoms with Gasteiger partial charge in [-0.05, 0) is 135 Å². The fourth-order valence-electron chi connectivity index (χ4n) is 6.40. The first kappa shape index (κ1) is 27.8. The first-order chi connectivity index (χ1) is 20.5. The maximum absolute atomic E-state index is 5.11. The van der Waals surface area contributed by atoms with Gasteiger partial charge in [0, 0.05) is 0 Å². The Hall–Kier alpha value is -3.04. The first-order valence-electron chi connectivity index (χ1n) is 13.2. The molecule has 0 atom stereocenters. The van der Waals surface area contributed by atoms with Crippen molar-refractivity contribution in [1.29, 1.82) is 0 Å². The number of hydrogen-bond donors (Lipinski definition) is 0. The summed E-state index contributed by atoms with van der Waals surface area (Å²) in [6.07, 6.45) is 0. The number of nitrogens with zero attached hydrogens (tertiary/aromatic N) is 4. The molecular weight excluding hydrogens is 784 g/mol. The molecule has 0 radical (unpaired) electrons. The molecule has 0 unspecified atom stereocenters. The van der Waals surface area contributed by atoms with Crippen molar-refractivity contribution in [2.75, 3.05) is 0 Å². The minimum Gasteiger partial charge on any atom is -0.244 e. The van der Waals surface area contributed by atoms with E-state index >= 15 is 0 Å². The average molecular weight is 804 g/mol. The van der Waals surface area contributed by atoms with Gasteiger partial charge in [0.05, 0.1) is 22.8 Å². The van der Waals surface area contributed by atoms with Crippen LogP contribution in [-0.4, -0.2) is 19.9 Å². The van der Waals surface area contributed by atoms with Crippen molar-refractivity contribution in [3.8, 4) is 0 Å². The van der Waals surface area contributed by atoms with Gasteiger partial charge in [-0.1, -0.05) is 72.8 Å². The molecule has 204 valence electrons. The summed E-state index contributed by atoms with van der Waals surface area (Å²) in [6.45, 7) is 0. The lowest BCUT2D eigenvalue weighted by atomic mass is 9.53. The van der Waals surface area contributed by atoms with Crippen molar-refractivity contribution in [3.63, 3.8) is 0 Å². The largest absolute Gasteiger partial charge is 0.244 e. The summed E-state index contributed by atoms with van der Waals surface area (Å²) in [5, 5.41) is 0. The zero-order valence-electron chi connectivity index (χ0n) is 21.8. The molecule has 0 spiro atoms. The number of halogens is 4. The maximum Gasteiger partial charge on any atom is 0.106 e. The van der Waals surface area contributed by atoms with E-state index in [2.05, 4.69) is 137 Å². The predicted octanol–water partition coefficient (Wildman–Crippen LogP) is 9.40. The summed E-state index contributed by atoms with van der Waals surface area (Å²) in [7, 11) is 0. The van der Waals surface area contributed by atoms with Gasteiger partial charge in [-0.3, -0.25) is 0 Å². The van der Waals surface area contributed by atoms with Crippen LogP contribution in [0.2, 0.25) is 0 Å². The second kappa shape index (κ2) is 10.9. The Morgan fingerprint density at radius 2 is 0.548 bits per heavy atom. The van der Waals surface area contributed by atoms with Crippen molar-refractivity contribution in [2.45, 2.75) is 10.8 Å². The molecule has 0 saturated heterocycles. The van der Waals surface area contributed by atoms with Gasteiger partial charge in [0.2, 0.25) is 0 Å². The number of benzene rings is 2. The van der Waals surface area contributed by atoms with Gasteiger partial charge < -0.3 is 0 Å². The van der Waals surface area contributed by atoms with E-state index in [1.165, 1.54) is 0 Å². The highest BCUT2D eigenvalue weighted by Gasteiger charge is 2.56. The molecule has 0 bridgehead atoms. The van der Waals surface area contributed by atoms with Crippen LogP contribution in [0.25, 0.3) is 0 Å². The fourth-order valence-corrected chi connectivity index (χ4v) is 7.77. The van der Waals surface area contributed by atoms with E-state index in [-0.39, 0.29) is 0 Å². The van der Waals surface area contributed by atoms with Crippen LogP contribution in [0.15, 0.2) is 140 Å². The molecule has 0 fully saturated rings. The molecule has 1 aliphatic carbocycles. The van der Waals surface area contributed by atoms with Crippen LogP contribution in [0.4, 0.5) is 0 Å². The number of pyridine rings is 4. The predicted molar refractivity (Wildman–Crippen MR) is 179 cm³/mol. The highest BCUT2D eigenvalue weighted by molar-refractivity contribution is 9.11. The third kappa shape index (κ3) is 4.18. The summed E-state index contributed by atoms with van der Waals surface area (Å²) in [4.78, 5) is 20.4. The van der Waals surface area contributed by atoms with Crippen LogP contribution in [0, 0.1) is 0 Å². The number of hydrogen-bond acceptors (Lipinski definition) is 4. The molecule has 4 heterocycles. The van der Waals surface area contributed by atoms with Crippen molar-refractivity contribution < 1.29 is 0 Å². The summed E-state index contributed by atoms with van der Waals surface area (Å²) >= 11 is 14.6. The Kier molecular flexibility index (Phi) is 7.21. The average Bonchev–Trinajstić information content (AvgIpc) is 3.00. The smallest absolute Gasteiger partial charge is 0.106 e. The molecule has 0 N–H and O–H groups in total. The Morgan fingerprint density at radius 1 is 0.310 bits per heavy atom. The van der Waals surface area contributed by atoms with Gasteiger partial charge in [-0.25, -0.2) is 19.9 Å². The van der Waals surface area contributed by atoms with E-state index in [4.69, 9.17) is 19.9 Å². The van der Waals surface area contributed by atoms with Crippen LogP contribution >= 0.6 is 63.7 Å². The Labute approximate surface area is 277 Å². The summed E-state index contributed by atoms with van der Waals surface area (Å²) in [5.41, 5.74) is 5.99. The fraction of sp³-hybridized carbons (Fsp3) is 0.0588. The normalized spacial score (nSPS) is 14.6. The second-order valence-corrected chi connectivity index (χ2v) is 13.2. The standard InChI is InChI=1S/C34H20Br4N4/c35-29-17-5-13-25(39-29)33(26-14-6-18-30(36)40-26)21-9-1-2-10-22(21)34(24-12-4-3-11-23(24)33,27-15-7-19-31(37)41-27)28-16-8-20-32(38)42-28/h1-20H. The molecule has 6 aromatic rings. The SMILES string of the molecule is Brc1cccc(C2(c3cccc(Br)n3)c3ccccc3C(c3cccc(Br)n3)(c3cccc(Br)n3)c3ccccc32)n1. The van der Waals surface area contributed by atoms with Crippen LogP contribution in [0.1, 0.15) is 45.0 Å². The molecule has 1 aliphatic rings. The second-order valence-electron chi connectivity index (χ2n) is 9.97. The molecule has 8 heteroatoms. The molecule has 42 heavy (non-hydrogen) atoms. The van der Waals surface area contributed by atoms with E-state index in [0.717, 1.165) is 63.4 Å². The minimum absolute atomic E-state index is 0.753. The van der Waals surface area contributed by atoms with Crippen LogP contribution in [0.5, 0.6) is 0 Å². The molecule has 0 aliphatic heterocycles. The highest BCUT2D eigenvalue weighted by atomic mass is 79.9. The molecule has 7 rings (SSSR count). The summed E-state index contributed by atoms with van der Waals surface area (Å²) < 4.78 is 3.01. The lowest BCUT2D eigenvalue weighted by molar-refractivity contribution is 0.571. The van der Waals surface area contributed by atoms with Crippen LogP contribution in [-0.2, 0) is 10.8 Å². The molecule has 2 aromatic carbocycles. The number of rotatable bonds is 4. The van der Waals surface area contributed by atoms with Gasteiger partial charge >= 0.3 is 0 Å². The van der Waals surface area contributed by atoms with Gasteiger partial charge in [0.25, 0.3) is 0 Å². The van der Waals surface area contributed by atoms with Crippen molar-refractivity contribution >= 4 is 63.7 Å². The van der Waals surface area contributed by atoms with Crippen LogP contribution in [0.3, 0.4) is 0 Å². The van der Waals surface area contributed by atoms with Gasteiger partial charge in [0.1, 0.15) is 29.2 Å². The minimum atomic E-state index is -0.845. The van der Waals surface area contributed by atoms with Gasteiger partial charge in [0.15, 0.2) is 0 Å². The van der Waals surface area contributed by atoms with Crippen molar-refractivity contribution in [1.82, 2.24) is 19.9 Å². The zero-order chi connectivity index (χ0) is 28.9. The quantitative estimate of drug-likeness (QED) is 0.167. The molecule has 4 aromatic heterocycles.